The number of fused-ring (bicyclic) bond motifs is 1. The van der Waals surface area contributed by atoms with Crippen LogP contribution in [0.3, 0.4) is 0 Å². The number of rotatable bonds is 2. The van der Waals surface area contributed by atoms with Gasteiger partial charge >= 0.3 is 0 Å². The first-order chi connectivity index (χ1) is 13.4. The summed E-state index contributed by atoms with van der Waals surface area (Å²) in [4.78, 5) is 33.7. The molecule has 1 aromatic carbocycles. The third kappa shape index (κ3) is 2.98. The molecule has 1 aliphatic heterocycles. The fraction of sp³-hybridized carbons (Fsp3) is 0.200. The van der Waals surface area contributed by atoms with Gasteiger partial charge in [-0.05, 0) is 12.1 Å². The van der Waals surface area contributed by atoms with Crippen LogP contribution in [0.25, 0.3) is 16.9 Å². The zero-order valence-corrected chi connectivity index (χ0v) is 15.1. The molecule has 8 nitrogen and oxygen atoms in total. The number of amides is 2. The molecule has 28 heavy (non-hydrogen) atoms. The number of likely N-dealkylation sites (N-methyl/N-ethyl adjacent to an activating group) is 1. The van der Waals surface area contributed by atoms with Gasteiger partial charge in [0, 0.05) is 49.7 Å². The maximum Gasteiger partial charge on any atom is 0.268 e. The number of nitrogens with two attached hydrogens (primary N) is 1. The minimum atomic E-state index is -1.66. The third-order valence-corrected chi connectivity index (χ3v) is 4.69. The first kappa shape index (κ1) is 17.7. The molecule has 0 spiro atoms. The predicted octanol–water partition coefficient (Wildman–Crippen LogP) is 0.440. The van der Waals surface area contributed by atoms with Gasteiger partial charge in [-0.25, -0.2) is 9.97 Å². The van der Waals surface area contributed by atoms with Crippen LogP contribution >= 0.6 is 0 Å². The highest BCUT2D eigenvalue weighted by Crippen LogP contribution is 2.24. The fourth-order valence-electron chi connectivity index (χ4n) is 3.13. The lowest BCUT2D eigenvalue weighted by Gasteiger charge is -2.13. The van der Waals surface area contributed by atoms with Crippen LogP contribution in [0.1, 0.15) is 22.5 Å². The van der Waals surface area contributed by atoms with Crippen molar-refractivity contribution in [2.24, 2.45) is 5.73 Å². The Kier molecular flexibility index (Phi) is 4.09. The zero-order chi connectivity index (χ0) is 19.9. The number of aromatic nitrogens is 3. The summed E-state index contributed by atoms with van der Waals surface area (Å²) in [6.45, 7) is 0.464. The standard InChI is InChI=1S/C20H17N5O3/c1-24-9-7-20(28,19(24)27)6-5-13-3-2-4-14(11-13)16-18-22-8-10-25(18)12-15(23-16)17(21)26/h2-4,8,10-12,28H,7,9H2,1H3,(H2,21,26). The molecule has 1 aliphatic rings. The number of aliphatic hydroxyl groups is 1. The molecule has 1 unspecified atom stereocenters. The Hall–Kier alpha value is -3.70. The van der Waals surface area contributed by atoms with E-state index in [1.54, 1.807) is 42.0 Å². The van der Waals surface area contributed by atoms with E-state index in [0.29, 0.717) is 29.0 Å². The summed E-state index contributed by atoms with van der Waals surface area (Å²) in [6.07, 6.45) is 5.10. The molecule has 0 saturated carbocycles. The number of likely N-dealkylation sites (tertiary alicyclic amines) is 1. The molecule has 3 aromatic rings. The molecule has 1 saturated heterocycles. The van der Waals surface area contributed by atoms with Gasteiger partial charge in [-0.2, -0.15) is 0 Å². The summed E-state index contributed by atoms with van der Waals surface area (Å²) < 4.78 is 1.68. The number of imidazole rings is 1. The summed E-state index contributed by atoms with van der Waals surface area (Å²) >= 11 is 0. The number of carbonyl (C=O) groups excluding carboxylic acids is 2. The molecule has 1 atom stereocenters. The Balaban J connectivity index is 1.76. The van der Waals surface area contributed by atoms with Crippen LogP contribution < -0.4 is 5.73 Å². The molecule has 3 heterocycles. The Morgan fingerprint density at radius 1 is 1.39 bits per heavy atom. The van der Waals surface area contributed by atoms with Crippen LogP contribution in [-0.2, 0) is 4.79 Å². The van der Waals surface area contributed by atoms with Crippen LogP contribution in [0.15, 0.2) is 42.9 Å². The van der Waals surface area contributed by atoms with E-state index in [0.717, 1.165) is 0 Å². The lowest BCUT2D eigenvalue weighted by molar-refractivity contribution is -0.137. The van der Waals surface area contributed by atoms with E-state index >= 15 is 0 Å². The van der Waals surface area contributed by atoms with E-state index in [1.165, 1.54) is 11.1 Å². The van der Waals surface area contributed by atoms with Crippen molar-refractivity contribution in [1.29, 1.82) is 0 Å². The second-order valence-corrected chi connectivity index (χ2v) is 6.66. The van der Waals surface area contributed by atoms with Gasteiger partial charge in [0.25, 0.3) is 11.8 Å². The highest BCUT2D eigenvalue weighted by atomic mass is 16.3. The minimum Gasteiger partial charge on any atom is -0.369 e. The zero-order valence-electron chi connectivity index (χ0n) is 15.1. The summed E-state index contributed by atoms with van der Waals surface area (Å²) in [7, 11) is 1.63. The van der Waals surface area contributed by atoms with Gasteiger partial charge < -0.3 is 20.1 Å². The van der Waals surface area contributed by atoms with Gasteiger partial charge in [-0.3, -0.25) is 9.59 Å². The number of benzene rings is 1. The van der Waals surface area contributed by atoms with Crippen LogP contribution in [-0.4, -0.2) is 55.4 Å². The number of hydrogen-bond donors (Lipinski definition) is 2. The quantitative estimate of drug-likeness (QED) is 0.631. The lowest BCUT2D eigenvalue weighted by atomic mass is 10.0. The van der Waals surface area contributed by atoms with Gasteiger partial charge in [-0.1, -0.05) is 24.0 Å². The van der Waals surface area contributed by atoms with Crippen LogP contribution in [0.4, 0.5) is 0 Å². The van der Waals surface area contributed by atoms with Crippen LogP contribution in [0.2, 0.25) is 0 Å². The summed E-state index contributed by atoms with van der Waals surface area (Å²) in [6, 6.07) is 7.13. The van der Waals surface area contributed by atoms with Crippen molar-refractivity contribution >= 4 is 17.5 Å². The molecule has 1 fully saturated rings. The van der Waals surface area contributed by atoms with Crippen molar-refractivity contribution in [2.45, 2.75) is 12.0 Å². The normalized spacial score (nSPS) is 18.9. The molecule has 0 radical (unpaired) electrons. The number of primary amides is 1. The van der Waals surface area contributed by atoms with E-state index in [1.807, 2.05) is 6.07 Å². The largest absolute Gasteiger partial charge is 0.369 e. The number of hydrogen-bond acceptors (Lipinski definition) is 5. The molecule has 8 heteroatoms. The average molecular weight is 375 g/mol. The molecule has 3 N–H and O–H groups in total. The Labute approximate surface area is 160 Å². The Bertz CT molecular complexity index is 1170. The molecule has 0 aliphatic carbocycles. The average Bonchev–Trinajstić information content (AvgIpc) is 3.27. The van der Waals surface area contributed by atoms with E-state index < -0.39 is 17.4 Å². The smallest absolute Gasteiger partial charge is 0.268 e. The Morgan fingerprint density at radius 2 is 2.21 bits per heavy atom. The van der Waals surface area contributed by atoms with Crippen molar-refractivity contribution in [2.75, 3.05) is 13.6 Å². The van der Waals surface area contributed by atoms with E-state index in [2.05, 4.69) is 21.8 Å². The molecule has 2 aromatic heterocycles. The maximum absolute atomic E-state index is 12.1. The molecule has 4 rings (SSSR count). The van der Waals surface area contributed by atoms with Crippen molar-refractivity contribution < 1.29 is 14.7 Å². The summed E-state index contributed by atoms with van der Waals surface area (Å²) in [5.74, 6) is 4.53. The van der Waals surface area contributed by atoms with Gasteiger partial charge in [0.05, 0.1) is 0 Å². The van der Waals surface area contributed by atoms with E-state index in [9.17, 15) is 14.7 Å². The summed E-state index contributed by atoms with van der Waals surface area (Å²) in [5.41, 5.74) is 6.19. The van der Waals surface area contributed by atoms with E-state index in [4.69, 9.17) is 5.73 Å². The fourth-order valence-corrected chi connectivity index (χ4v) is 3.13. The maximum atomic E-state index is 12.1. The molecular weight excluding hydrogens is 358 g/mol. The first-order valence-electron chi connectivity index (χ1n) is 8.62. The number of nitrogens with zero attached hydrogens (tertiary/aromatic N) is 4. The van der Waals surface area contributed by atoms with Crippen molar-refractivity contribution in [3.63, 3.8) is 0 Å². The first-order valence-corrected chi connectivity index (χ1v) is 8.62. The summed E-state index contributed by atoms with van der Waals surface area (Å²) in [5, 5.41) is 10.4. The van der Waals surface area contributed by atoms with Gasteiger partial charge in [0.15, 0.2) is 5.65 Å². The van der Waals surface area contributed by atoms with E-state index in [-0.39, 0.29) is 12.1 Å². The molecule has 2 amide bonds. The monoisotopic (exact) mass is 375 g/mol. The Morgan fingerprint density at radius 3 is 2.93 bits per heavy atom. The van der Waals surface area contributed by atoms with Crippen molar-refractivity contribution in [3.8, 4) is 23.1 Å². The topological polar surface area (TPSA) is 114 Å². The van der Waals surface area contributed by atoms with Crippen LogP contribution in [0.5, 0.6) is 0 Å². The van der Waals surface area contributed by atoms with Gasteiger partial charge in [0.1, 0.15) is 11.4 Å². The SMILES string of the molecule is CN1CCC(O)(C#Cc2cccc(-c3nc(C(N)=O)cn4ccnc34)c2)C1=O. The highest BCUT2D eigenvalue weighted by molar-refractivity contribution is 5.92. The molecular formula is C20H17N5O3. The van der Waals surface area contributed by atoms with Crippen molar-refractivity contribution in [1.82, 2.24) is 19.3 Å². The second kappa shape index (κ2) is 6.48. The van der Waals surface area contributed by atoms with Gasteiger partial charge in [0.2, 0.25) is 5.60 Å². The van der Waals surface area contributed by atoms with Crippen LogP contribution in [0, 0.1) is 11.8 Å². The second-order valence-electron chi connectivity index (χ2n) is 6.66. The third-order valence-electron chi connectivity index (χ3n) is 4.69. The predicted molar refractivity (Wildman–Crippen MR) is 101 cm³/mol. The molecule has 0 bridgehead atoms. The van der Waals surface area contributed by atoms with Crippen molar-refractivity contribution in [3.05, 3.63) is 54.1 Å². The molecule has 140 valence electrons. The highest BCUT2D eigenvalue weighted by Gasteiger charge is 2.42. The number of carbonyl (C=O) groups is 2. The van der Waals surface area contributed by atoms with Gasteiger partial charge in [-0.15, -0.1) is 0 Å². The lowest BCUT2D eigenvalue weighted by Crippen LogP contribution is -2.37. The minimum absolute atomic E-state index is 0.117.